The second kappa shape index (κ2) is 6.32. The maximum atomic E-state index is 12.1. The molecule has 1 N–H and O–H groups in total. The van der Waals surface area contributed by atoms with Gasteiger partial charge in [-0.1, -0.05) is 6.07 Å². The van der Waals surface area contributed by atoms with Crippen LogP contribution in [0.1, 0.15) is 16.8 Å². The minimum absolute atomic E-state index is 0.00611. The van der Waals surface area contributed by atoms with Crippen LogP contribution < -0.4 is 10.1 Å². The molecule has 3 heterocycles. The van der Waals surface area contributed by atoms with Crippen LogP contribution in [-0.2, 0) is 4.74 Å². The van der Waals surface area contributed by atoms with Gasteiger partial charge in [0.25, 0.3) is 5.91 Å². The number of hydrogen-bond acceptors (Lipinski definition) is 5. The van der Waals surface area contributed by atoms with Gasteiger partial charge in [-0.15, -0.1) is 0 Å². The molecule has 2 aromatic rings. The zero-order valence-electron chi connectivity index (χ0n) is 11.4. The molecule has 1 amide bonds. The third-order valence-electron chi connectivity index (χ3n) is 3.08. The number of amides is 1. The molecule has 1 fully saturated rings. The maximum absolute atomic E-state index is 12.1. The van der Waals surface area contributed by atoms with E-state index in [0.717, 1.165) is 6.42 Å². The largest absolute Gasteiger partial charge is 0.472 e. The van der Waals surface area contributed by atoms with E-state index in [9.17, 15) is 4.79 Å². The Morgan fingerprint density at radius 2 is 2.24 bits per heavy atom. The number of hydrogen-bond donors (Lipinski definition) is 1. The highest BCUT2D eigenvalue weighted by Crippen LogP contribution is 2.16. The first-order valence-corrected chi connectivity index (χ1v) is 6.74. The van der Waals surface area contributed by atoms with E-state index in [1.807, 2.05) is 6.07 Å². The molecule has 108 valence electrons. The van der Waals surface area contributed by atoms with Gasteiger partial charge in [0.15, 0.2) is 0 Å². The fraction of sp³-hybridized carbons (Fsp3) is 0.267. The predicted molar refractivity (Wildman–Crippen MR) is 76.3 cm³/mol. The van der Waals surface area contributed by atoms with Crippen LogP contribution in [0.4, 0.5) is 5.82 Å². The Kier molecular flexibility index (Phi) is 4.07. The summed E-state index contributed by atoms with van der Waals surface area (Å²) in [5, 5.41) is 2.72. The van der Waals surface area contributed by atoms with Gasteiger partial charge in [-0.25, -0.2) is 9.97 Å². The van der Waals surface area contributed by atoms with Crippen LogP contribution in [0.3, 0.4) is 0 Å². The molecule has 2 aromatic heterocycles. The Bertz CT molecular complexity index is 613. The van der Waals surface area contributed by atoms with E-state index in [2.05, 4.69) is 15.3 Å². The van der Waals surface area contributed by atoms with Crippen LogP contribution in [-0.4, -0.2) is 35.2 Å². The molecule has 1 aliphatic heterocycles. The lowest BCUT2D eigenvalue weighted by Gasteiger charge is -2.11. The number of ether oxygens (including phenoxy) is 2. The van der Waals surface area contributed by atoms with Gasteiger partial charge in [-0.3, -0.25) is 4.79 Å². The first kappa shape index (κ1) is 13.5. The summed E-state index contributed by atoms with van der Waals surface area (Å²) >= 11 is 0. The van der Waals surface area contributed by atoms with Gasteiger partial charge in [0.2, 0.25) is 5.88 Å². The van der Waals surface area contributed by atoms with E-state index in [0.29, 0.717) is 30.5 Å². The van der Waals surface area contributed by atoms with E-state index in [1.54, 1.807) is 36.7 Å². The van der Waals surface area contributed by atoms with Crippen LogP contribution in [0.2, 0.25) is 0 Å². The first-order chi connectivity index (χ1) is 10.3. The zero-order valence-corrected chi connectivity index (χ0v) is 11.4. The second-order valence-corrected chi connectivity index (χ2v) is 4.66. The van der Waals surface area contributed by atoms with Crippen molar-refractivity contribution in [3.8, 4) is 5.88 Å². The molecule has 0 aliphatic carbocycles. The smallest absolute Gasteiger partial charge is 0.257 e. The van der Waals surface area contributed by atoms with E-state index < -0.39 is 0 Å². The molecule has 0 aromatic carbocycles. The molecule has 0 saturated carbocycles. The Morgan fingerprint density at radius 1 is 1.29 bits per heavy atom. The van der Waals surface area contributed by atoms with Crippen molar-refractivity contribution in [3.63, 3.8) is 0 Å². The van der Waals surface area contributed by atoms with Crippen LogP contribution >= 0.6 is 0 Å². The lowest BCUT2D eigenvalue weighted by molar-refractivity contribution is 0.102. The maximum Gasteiger partial charge on any atom is 0.257 e. The number of rotatable bonds is 4. The van der Waals surface area contributed by atoms with Crippen molar-refractivity contribution >= 4 is 11.7 Å². The van der Waals surface area contributed by atoms with Gasteiger partial charge in [0.05, 0.1) is 13.2 Å². The highest BCUT2D eigenvalue weighted by molar-refractivity contribution is 6.03. The minimum atomic E-state index is -0.247. The Hall–Kier alpha value is -2.47. The molecular formula is C15H15N3O3. The number of anilines is 1. The van der Waals surface area contributed by atoms with Gasteiger partial charge in [0.1, 0.15) is 11.9 Å². The normalized spacial score (nSPS) is 17.4. The summed E-state index contributed by atoms with van der Waals surface area (Å²) in [4.78, 5) is 20.3. The summed E-state index contributed by atoms with van der Waals surface area (Å²) in [7, 11) is 0. The highest BCUT2D eigenvalue weighted by atomic mass is 16.5. The topological polar surface area (TPSA) is 73.3 Å². The van der Waals surface area contributed by atoms with Crippen LogP contribution in [0.25, 0.3) is 0 Å². The number of pyridine rings is 2. The zero-order chi connectivity index (χ0) is 14.5. The van der Waals surface area contributed by atoms with E-state index in [-0.39, 0.29) is 12.0 Å². The third kappa shape index (κ3) is 3.55. The summed E-state index contributed by atoms with van der Waals surface area (Å²) in [6, 6.07) is 8.58. The van der Waals surface area contributed by atoms with E-state index in [1.165, 1.54) is 0 Å². The van der Waals surface area contributed by atoms with E-state index in [4.69, 9.17) is 9.47 Å². The molecule has 1 saturated heterocycles. The lowest BCUT2D eigenvalue weighted by atomic mass is 10.2. The summed E-state index contributed by atoms with van der Waals surface area (Å²) in [6.45, 7) is 1.26. The van der Waals surface area contributed by atoms with Gasteiger partial charge < -0.3 is 14.8 Å². The number of carbonyl (C=O) groups excluding carboxylic acids is 1. The molecule has 0 radical (unpaired) electrons. The van der Waals surface area contributed by atoms with E-state index >= 15 is 0 Å². The quantitative estimate of drug-likeness (QED) is 0.928. The van der Waals surface area contributed by atoms with Crippen molar-refractivity contribution in [2.24, 2.45) is 0 Å². The average molecular weight is 285 g/mol. The number of nitrogens with one attached hydrogen (secondary N) is 1. The third-order valence-corrected chi connectivity index (χ3v) is 3.08. The predicted octanol–water partition coefficient (Wildman–Crippen LogP) is 1.90. The molecule has 21 heavy (non-hydrogen) atoms. The van der Waals surface area contributed by atoms with Crippen molar-refractivity contribution in [3.05, 3.63) is 48.3 Å². The van der Waals surface area contributed by atoms with Crippen molar-refractivity contribution in [1.29, 1.82) is 0 Å². The Labute approximate surface area is 122 Å². The van der Waals surface area contributed by atoms with Crippen molar-refractivity contribution < 1.29 is 14.3 Å². The van der Waals surface area contributed by atoms with Crippen molar-refractivity contribution in [1.82, 2.24) is 9.97 Å². The summed E-state index contributed by atoms with van der Waals surface area (Å²) in [5.74, 6) is 0.689. The SMILES string of the molecule is O=C(Nc1ccccn1)c1ccnc(OC2CCOC2)c1. The lowest BCUT2D eigenvalue weighted by Crippen LogP contribution is -2.17. The van der Waals surface area contributed by atoms with Gasteiger partial charge in [-0.2, -0.15) is 0 Å². The standard InChI is InChI=1S/C15H15N3O3/c19-15(18-13-3-1-2-6-16-13)11-4-7-17-14(9-11)21-12-5-8-20-10-12/h1-4,6-7,9,12H,5,8,10H2,(H,16,18,19). The van der Waals surface area contributed by atoms with Crippen molar-refractivity contribution in [2.45, 2.75) is 12.5 Å². The van der Waals surface area contributed by atoms with Gasteiger partial charge in [-0.05, 0) is 18.2 Å². The van der Waals surface area contributed by atoms with Gasteiger partial charge >= 0.3 is 0 Å². The first-order valence-electron chi connectivity index (χ1n) is 6.74. The molecule has 1 unspecified atom stereocenters. The molecular weight excluding hydrogens is 270 g/mol. The molecule has 3 rings (SSSR count). The number of nitrogens with zero attached hydrogens (tertiary/aromatic N) is 2. The second-order valence-electron chi connectivity index (χ2n) is 4.66. The average Bonchev–Trinajstić information content (AvgIpc) is 3.01. The molecule has 1 aliphatic rings. The minimum Gasteiger partial charge on any atom is -0.472 e. The fourth-order valence-corrected chi connectivity index (χ4v) is 2.02. The number of carbonyl (C=O) groups is 1. The summed E-state index contributed by atoms with van der Waals surface area (Å²) in [5.41, 5.74) is 0.476. The molecule has 0 bridgehead atoms. The van der Waals surface area contributed by atoms with Crippen LogP contribution in [0, 0.1) is 0 Å². The van der Waals surface area contributed by atoms with Gasteiger partial charge in [0, 0.05) is 30.4 Å². The van der Waals surface area contributed by atoms with Crippen LogP contribution in [0.5, 0.6) is 5.88 Å². The molecule has 1 atom stereocenters. The Balaban J connectivity index is 1.68. The molecule has 6 nitrogen and oxygen atoms in total. The highest BCUT2D eigenvalue weighted by Gasteiger charge is 2.18. The molecule has 6 heteroatoms. The van der Waals surface area contributed by atoms with Crippen LogP contribution in [0.15, 0.2) is 42.7 Å². The molecule has 0 spiro atoms. The van der Waals surface area contributed by atoms with Crippen molar-refractivity contribution in [2.75, 3.05) is 18.5 Å². The Morgan fingerprint density at radius 3 is 3.00 bits per heavy atom. The fourth-order valence-electron chi connectivity index (χ4n) is 2.02. The summed E-state index contributed by atoms with van der Waals surface area (Å²) < 4.78 is 10.9. The number of aromatic nitrogens is 2. The monoisotopic (exact) mass is 285 g/mol. The summed E-state index contributed by atoms with van der Waals surface area (Å²) in [6.07, 6.45) is 4.02.